The fraction of sp³-hybridized carbons (Fsp3) is 1.00. The Morgan fingerprint density at radius 1 is 0.579 bits per heavy atom. The lowest BCUT2D eigenvalue weighted by Crippen LogP contribution is -1.94. The summed E-state index contributed by atoms with van der Waals surface area (Å²) in [5.74, 6) is 2.79. The third-order valence-corrected chi connectivity index (χ3v) is 4.17. The first-order valence-electron chi connectivity index (χ1n) is 8.97. The van der Waals surface area contributed by atoms with Crippen molar-refractivity contribution in [2.24, 2.45) is 17.8 Å². The number of hydrogen-bond donors (Lipinski definition) is 0. The van der Waals surface area contributed by atoms with Gasteiger partial charge in [0.25, 0.3) is 0 Å². The second kappa shape index (κ2) is 16.1. The summed E-state index contributed by atoms with van der Waals surface area (Å²) in [6, 6.07) is 0. The van der Waals surface area contributed by atoms with Crippen molar-refractivity contribution in [3.63, 3.8) is 0 Å². The SMILES string of the molecule is CCC(C)CCCC(C)C.CCCCCC(C)CC. The van der Waals surface area contributed by atoms with Crippen LogP contribution < -0.4 is 0 Å². The zero-order valence-electron chi connectivity index (χ0n) is 15.1. The molecule has 0 bridgehead atoms. The van der Waals surface area contributed by atoms with Crippen molar-refractivity contribution >= 4 is 0 Å². The lowest BCUT2D eigenvalue weighted by Gasteiger charge is -2.08. The van der Waals surface area contributed by atoms with E-state index in [2.05, 4.69) is 48.5 Å². The molecule has 0 saturated carbocycles. The summed E-state index contributed by atoms with van der Waals surface area (Å²) in [7, 11) is 0. The average molecular weight is 271 g/mol. The summed E-state index contributed by atoms with van der Waals surface area (Å²) < 4.78 is 0. The summed E-state index contributed by atoms with van der Waals surface area (Å²) in [4.78, 5) is 0. The molecule has 0 aromatic heterocycles. The lowest BCUT2D eigenvalue weighted by atomic mass is 9.98. The molecule has 2 atom stereocenters. The minimum absolute atomic E-state index is 0.893. The van der Waals surface area contributed by atoms with Crippen molar-refractivity contribution in [1.29, 1.82) is 0 Å². The minimum atomic E-state index is 0.893. The third kappa shape index (κ3) is 20.5. The fourth-order valence-electron chi connectivity index (χ4n) is 2.03. The van der Waals surface area contributed by atoms with Gasteiger partial charge in [0.2, 0.25) is 0 Å². The van der Waals surface area contributed by atoms with Crippen LogP contribution in [0.2, 0.25) is 0 Å². The summed E-state index contributed by atoms with van der Waals surface area (Å²) in [6.45, 7) is 16.1. The van der Waals surface area contributed by atoms with E-state index in [0.717, 1.165) is 17.8 Å². The molecule has 0 aromatic rings. The molecular weight excluding hydrogens is 228 g/mol. The molecule has 0 radical (unpaired) electrons. The average Bonchev–Trinajstić information content (AvgIpc) is 2.38. The molecule has 0 aliphatic heterocycles. The highest BCUT2D eigenvalue weighted by Gasteiger charge is 1.99. The Labute approximate surface area is 124 Å². The quantitative estimate of drug-likeness (QED) is 0.361. The number of hydrogen-bond acceptors (Lipinski definition) is 0. The monoisotopic (exact) mass is 270 g/mol. The highest BCUT2D eigenvalue weighted by atomic mass is 14.1. The molecule has 0 spiro atoms. The third-order valence-electron chi connectivity index (χ3n) is 4.17. The van der Waals surface area contributed by atoms with E-state index in [1.807, 2.05) is 0 Å². The molecule has 0 heteroatoms. The highest BCUT2D eigenvalue weighted by molar-refractivity contribution is 4.52. The van der Waals surface area contributed by atoms with Crippen molar-refractivity contribution in [2.45, 2.75) is 106 Å². The molecule has 0 saturated heterocycles. The van der Waals surface area contributed by atoms with Gasteiger partial charge in [-0.1, -0.05) is 106 Å². The fourth-order valence-corrected chi connectivity index (χ4v) is 2.03. The van der Waals surface area contributed by atoms with Crippen LogP contribution in [0.15, 0.2) is 0 Å². The van der Waals surface area contributed by atoms with E-state index in [0.29, 0.717) is 0 Å². The maximum Gasteiger partial charge on any atom is -0.0445 e. The van der Waals surface area contributed by atoms with E-state index >= 15 is 0 Å². The largest absolute Gasteiger partial charge is 0.0654 e. The van der Waals surface area contributed by atoms with Gasteiger partial charge in [0.05, 0.1) is 0 Å². The molecule has 0 aliphatic carbocycles. The van der Waals surface area contributed by atoms with E-state index in [-0.39, 0.29) is 0 Å². The van der Waals surface area contributed by atoms with Crippen molar-refractivity contribution in [1.82, 2.24) is 0 Å². The van der Waals surface area contributed by atoms with Crippen LogP contribution in [0.5, 0.6) is 0 Å². The minimum Gasteiger partial charge on any atom is -0.0654 e. The summed E-state index contributed by atoms with van der Waals surface area (Å²) in [6.07, 6.45) is 12.6. The van der Waals surface area contributed by atoms with Crippen LogP contribution in [-0.4, -0.2) is 0 Å². The topological polar surface area (TPSA) is 0 Å². The Hall–Kier alpha value is 0. The molecule has 0 aliphatic rings. The number of rotatable bonds is 10. The molecule has 0 rings (SSSR count). The van der Waals surface area contributed by atoms with Crippen LogP contribution in [0.25, 0.3) is 0 Å². The Bertz CT molecular complexity index is 148. The van der Waals surface area contributed by atoms with Crippen molar-refractivity contribution in [3.05, 3.63) is 0 Å². The Morgan fingerprint density at radius 2 is 1.05 bits per heavy atom. The van der Waals surface area contributed by atoms with Gasteiger partial charge in [-0.15, -0.1) is 0 Å². The molecular formula is C19H42. The summed E-state index contributed by atoms with van der Waals surface area (Å²) >= 11 is 0. The number of unbranched alkanes of at least 4 members (excludes halogenated alkanes) is 2. The van der Waals surface area contributed by atoms with Gasteiger partial charge in [0.15, 0.2) is 0 Å². The standard InChI is InChI=1S/C10H22.C9H20/c1-5-10(4)8-6-7-9(2)3;1-4-6-7-8-9(3)5-2/h9-10H,5-8H2,1-4H3;9H,4-8H2,1-3H3. The summed E-state index contributed by atoms with van der Waals surface area (Å²) in [5.41, 5.74) is 0. The Balaban J connectivity index is 0. The van der Waals surface area contributed by atoms with Crippen LogP contribution in [0.4, 0.5) is 0 Å². The molecule has 0 fully saturated rings. The van der Waals surface area contributed by atoms with Crippen LogP contribution in [-0.2, 0) is 0 Å². The summed E-state index contributed by atoms with van der Waals surface area (Å²) in [5, 5.41) is 0. The molecule has 0 aromatic carbocycles. The second-order valence-electron chi connectivity index (χ2n) is 6.85. The Kier molecular flexibility index (Phi) is 18.0. The molecule has 0 heterocycles. The molecule has 0 N–H and O–H groups in total. The zero-order valence-corrected chi connectivity index (χ0v) is 15.1. The molecule has 19 heavy (non-hydrogen) atoms. The van der Waals surface area contributed by atoms with E-state index in [9.17, 15) is 0 Å². The first kappa shape index (κ1) is 21.3. The van der Waals surface area contributed by atoms with Gasteiger partial charge in [-0.3, -0.25) is 0 Å². The smallest absolute Gasteiger partial charge is 0.0445 e. The molecule has 0 amide bonds. The molecule has 2 unspecified atom stereocenters. The van der Waals surface area contributed by atoms with E-state index in [4.69, 9.17) is 0 Å². The van der Waals surface area contributed by atoms with Crippen LogP contribution in [0, 0.1) is 17.8 Å². The van der Waals surface area contributed by atoms with Crippen LogP contribution in [0.1, 0.15) is 106 Å². The first-order valence-corrected chi connectivity index (χ1v) is 8.97. The van der Waals surface area contributed by atoms with Gasteiger partial charge >= 0.3 is 0 Å². The maximum atomic E-state index is 2.35. The highest BCUT2D eigenvalue weighted by Crippen LogP contribution is 2.14. The van der Waals surface area contributed by atoms with E-state index in [1.165, 1.54) is 57.8 Å². The maximum absolute atomic E-state index is 2.35. The van der Waals surface area contributed by atoms with Gasteiger partial charge in [-0.25, -0.2) is 0 Å². The van der Waals surface area contributed by atoms with Gasteiger partial charge in [-0.2, -0.15) is 0 Å². The normalized spacial score (nSPS) is 13.9. The van der Waals surface area contributed by atoms with Crippen molar-refractivity contribution in [2.75, 3.05) is 0 Å². The van der Waals surface area contributed by atoms with Crippen LogP contribution >= 0.6 is 0 Å². The van der Waals surface area contributed by atoms with Crippen molar-refractivity contribution in [3.8, 4) is 0 Å². The van der Waals surface area contributed by atoms with Gasteiger partial charge < -0.3 is 0 Å². The second-order valence-corrected chi connectivity index (χ2v) is 6.85. The van der Waals surface area contributed by atoms with Gasteiger partial charge in [-0.05, 0) is 17.8 Å². The molecule has 118 valence electrons. The molecule has 0 nitrogen and oxygen atoms in total. The van der Waals surface area contributed by atoms with Crippen molar-refractivity contribution < 1.29 is 0 Å². The predicted molar refractivity (Wildman–Crippen MR) is 91.7 cm³/mol. The zero-order chi connectivity index (χ0) is 15.1. The first-order chi connectivity index (χ1) is 8.97. The van der Waals surface area contributed by atoms with Gasteiger partial charge in [0, 0.05) is 0 Å². The van der Waals surface area contributed by atoms with Crippen LogP contribution in [0.3, 0.4) is 0 Å². The lowest BCUT2D eigenvalue weighted by molar-refractivity contribution is 0.449. The predicted octanol–water partition coefficient (Wildman–Crippen LogP) is 7.47. The Morgan fingerprint density at radius 3 is 1.42 bits per heavy atom. The van der Waals surface area contributed by atoms with E-state index < -0.39 is 0 Å². The van der Waals surface area contributed by atoms with Gasteiger partial charge in [0.1, 0.15) is 0 Å². The van der Waals surface area contributed by atoms with E-state index in [1.54, 1.807) is 0 Å².